The van der Waals surface area contributed by atoms with E-state index in [0.29, 0.717) is 24.8 Å². The first kappa shape index (κ1) is 11.8. The molecule has 0 aliphatic heterocycles. The van der Waals surface area contributed by atoms with Gasteiger partial charge in [-0.1, -0.05) is 19.8 Å². The van der Waals surface area contributed by atoms with E-state index in [0.717, 1.165) is 18.5 Å². The van der Waals surface area contributed by atoms with Crippen LogP contribution in [0.3, 0.4) is 0 Å². The van der Waals surface area contributed by atoms with E-state index in [9.17, 15) is 4.79 Å². The van der Waals surface area contributed by atoms with Gasteiger partial charge in [-0.3, -0.25) is 4.79 Å². The van der Waals surface area contributed by atoms with Gasteiger partial charge in [-0.15, -0.1) is 6.42 Å². The van der Waals surface area contributed by atoms with Crippen molar-refractivity contribution in [2.24, 2.45) is 11.8 Å². The topological polar surface area (TPSA) is 29.1 Å². The number of rotatable bonds is 4. The summed E-state index contributed by atoms with van der Waals surface area (Å²) in [6, 6.07) is 0. The zero-order chi connectivity index (χ0) is 11.3. The van der Waals surface area contributed by atoms with Crippen LogP contribution < -0.4 is 5.32 Å². The van der Waals surface area contributed by atoms with Crippen LogP contribution in [0.4, 0.5) is 0 Å². The molecule has 0 aromatic heterocycles. The van der Waals surface area contributed by atoms with E-state index in [2.05, 4.69) is 25.1 Å². The normalized spacial score (nSPS) is 21.1. The fraction of sp³-hybridized carbons (Fsp3) is 0.615. The molecule has 0 spiro atoms. The number of nitrogens with one attached hydrogen (secondary N) is 1. The molecule has 0 saturated carbocycles. The molecule has 1 N–H and O–H groups in total. The fourth-order valence-corrected chi connectivity index (χ4v) is 2.10. The largest absolute Gasteiger partial charge is 0.377 e. The average Bonchev–Trinajstić information content (AvgIpc) is 2.12. The minimum absolute atomic E-state index is 0.228. The maximum atomic E-state index is 11.5. The maximum absolute atomic E-state index is 11.5. The molecule has 1 unspecified atom stereocenters. The first-order chi connectivity index (χ1) is 7.11. The van der Waals surface area contributed by atoms with Crippen molar-refractivity contribution in [2.45, 2.75) is 33.1 Å². The highest BCUT2D eigenvalue weighted by atomic mass is 16.1. The average molecular weight is 205 g/mol. The molecule has 0 radical (unpaired) electrons. The molecule has 0 fully saturated rings. The molecule has 0 bridgehead atoms. The van der Waals surface area contributed by atoms with Gasteiger partial charge in [0.15, 0.2) is 5.78 Å². The third-order valence-corrected chi connectivity index (χ3v) is 2.56. The Labute approximate surface area is 92.1 Å². The fourth-order valence-electron chi connectivity index (χ4n) is 2.10. The highest BCUT2D eigenvalue weighted by Crippen LogP contribution is 2.26. The van der Waals surface area contributed by atoms with Crippen LogP contribution in [0.25, 0.3) is 0 Å². The summed E-state index contributed by atoms with van der Waals surface area (Å²) in [5, 5.41) is 3.11. The van der Waals surface area contributed by atoms with E-state index in [1.165, 1.54) is 0 Å². The quantitative estimate of drug-likeness (QED) is 0.712. The highest BCUT2D eigenvalue weighted by molar-refractivity contribution is 5.91. The molecule has 0 aromatic carbocycles. The number of hydrogen-bond donors (Lipinski definition) is 1. The van der Waals surface area contributed by atoms with Gasteiger partial charge in [0.2, 0.25) is 0 Å². The van der Waals surface area contributed by atoms with E-state index < -0.39 is 0 Å². The van der Waals surface area contributed by atoms with Crippen molar-refractivity contribution in [1.29, 1.82) is 0 Å². The van der Waals surface area contributed by atoms with Crippen molar-refractivity contribution in [3.63, 3.8) is 0 Å². The van der Waals surface area contributed by atoms with Crippen LogP contribution in [-0.4, -0.2) is 12.3 Å². The number of carbonyl (C=O) groups is 1. The van der Waals surface area contributed by atoms with E-state index in [4.69, 9.17) is 6.42 Å². The molecule has 0 aromatic rings. The molecule has 0 saturated heterocycles. The van der Waals surface area contributed by atoms with Gasteiger partial charge >= 0.3 is 0 Å². The Morgan fingerprint density at radius 1 is 1.60 bits per heavy atom. The lowest BCUT2D eigenvalue weighted by Gasteiger charge is -2.23. The van der Waals surface area contributed by atoms with Gasteiger partial charge in [0.25, 0.3) is 0 Å². The van der Waals surface area contributed by atoms with Crippen LogP contribution in [0.15, 0.2) is 11.8 Å². The summed E-state index contributed by atoms with van der Waals surface area (Å²) in [4.78, 5) is 11.5. The first-order valence-corrected chi connectivity index (χ1v) is 5.52. The standard InChI is InChI=1S/C13H19NO/c1-4-5-14-12-7-11(6-10(2)3)8-13(15)9-12/h1,9-11,14H,5-8H2,2-3H3. The van der Waals surface area contributed by atoms with E-state index in [1.54, 1.807) is 6.08 Å². The second kappa shape index (κ2) is 5.60. The van der Waals surface area contributed by atoms with E-state index >= 15 is 0 Å². The lowest BCUT2D eigenvalue weighted by Crippen LogP contribution is -2.23. The molecule has 82 valence electrons. The highest BCUT2D eigenvalue weighted by Gasteiger charge is 2.20. The van der Waals surface area contributed by atoms with Crippen LogP contribution in [0.1, 0.15) is 33.1 Å². The predicted octanol–water partition coefficient (Wildman–Crippen LogP) is 2.12. The summed E-state index contributed by atoms with van der Waals surface area (Å²) in [5.74, 6) is 3.89. The summed E-state index contributed by atoms with van der Waals surface area (Å²) in [7, 11) is 0. The van der Waals surface area contributed by atoms with Gasteiger partial charge in [-0.2, -0.15) is 0 Å². The van der Waals surface area contributed by atoms with Crippen LogP contribution in [0.2, 0.25) is 0 Å². The van der Waals surface area contributed by atoms with Crippen molar-refractivity contribution in [3.8, 4) is 12.3 Å². The Balaban J connectivity index is 2.52. The Kier molecular flexibility index (Phi) is 4.42. The Morgan fingerprint density at radius 2 is 2.33 bits per heavy atom. The molecule has 15 heavy (non-hydrogen) atoms. The molecule has 2 heteroatoms. The number of ketones is 1. The smallest absolute Gasteiger partial charge is 0.157 e. The number of hydrogen-bond acceptors (Lipinski definition) is 2. The van der Waals surface area contributed by atoms with Crippen LogP contribution in [0, 0.1) is 24.2 Å². The monoisotopic (exact) mass is 205 g/mol. The SMILES string of the molecule is C#CCNC1=CC(=O)CC(CC(C)C)C1. The lowest BCUT2D eigenvalue weighted by atomic mass is 9.85. The van der Waals surface area contributed by atoms with Crippen LogP contribution >= 0.6 is 0 Å². The second-order valence-electron chi connectivity index (χ2n) is 4.60. The maximum Gasteiger partial charge on any atom is 0.157 e. The molecule has 0 heterocycles. The van der Waals surface area contributed by atoms with Gasteiger partial charge in [-0.25, -0.2) is 0 Å². The van der Waals surface area contributed by atoms with Gasteiger partial charge < -0.3 is 5.32 Å². The minimum atomic E-state index is 0.228. The van der Waals surface area contributed by atoms with Crippen molar-refractivity contribution in [2.75, 3.05) is 6.54 Å². The summed E-state index contributed by atoms with van der Waals surface area (Å²) in [5.41, 5.74) is 1.01. The Morgan fingerprint density at radius 3 is 2.93 bits per heavy atom. The summed E-state index contributed by atoms with van der Waals surface area (Å²) in [6.07, 6.45) is 9.64. The van der Waals surface area contributed by atoms with Crippen molar-refractivity contribution in [1.82, 2.24) is 5.32 Å². The zero-order valence-electron chi connectivity index (χ0n) is 9.55. The summed E-state index contributed by atoms with van der Waals surface area (Å²) >= 11 is 0. The Hall–Kier alpha value is -1.23. The molecule has 2 nitrogen and oxygen atoms in total. The van der Waals surface area contributed by atoms with Gasteiger partial charge in [0.1, 0.15) is 0 Å². The molecular formula is C13H19NO. The van der Waals surface area contributed by atoms with Crippen molar-refractivity contribution < 1.29 is 4.79 Å². The van der Waals surface area contributed by atoms with Gasteiger partial charge in [-0.05, 0) is 24.7 Å². The molecule has 1 aliphatic rings. The van der Waals surface area contributed by atoms with Gasteiger partial charge in [0, 0.05) is 18.2 Å². The lowest BCUT2D eigenvalue weighted by molar-refractivity contribution is -0.116. The van der Waals surface area contributed by atoms with Gasteiger partial charge in [0.05, 0.1) is 6.54 Å². The summed E-state index contributed by atoms with van der Waals surface area (Å²) < 4.78 is 0. The third-order valence-electron chi connectivity index (χ3n) is 2.56. The van der Waals surface area contributed by atoms with Crippen LogP contribution in [-0.2, 0) is 4.79 Å². The molecule has 1 atom stereocenters. The van der Waals surface area contributed by atoms with E-state index in [1.807, 2.05) is 0 Å². The predicted molar refractivity (Wildman–Crippen MR) is 62.1 cm³/mol. The molecule has 0 amide bonds. The first-order valence-electron chi connectivity index (χ1n) is 5.52. The number of allylic oxidation sites excluding steroid dienone is 2. The summed E-state index contributed by atoms with van der Waals surface area (Å²) in [6.45, 7) is 4.89. The zero-order valence-corrected chi connectivity index (χ0v) is 9.55. The molecule has 1 aliphatic carbocycles. The van der Waals surface area contributed by atoms with Crippen LogP contribution in [0.5, 0.6) is 0 Å². The second-order valence-corrected chi connectivity index (χ2v) is 4.60. The van der Waals surface area contributed by atoms with E-state index in [-0.39, 0.29) is 5.78 Å². The number of carbonyl (C=O) groups excluding carboxylic acids is 1. The third kappa shape index (κ3) is 4.20. The van der Waals surface area contributed by atoms with Crippen molar-refractivity contribution in [3.05, 3.63) is 11.8 Å². The van der Waals surface area contributed by atoms with Crippen molar-refractivity contribution >= 4 is 5.78 Å². The molecule has 1 rings (SSSR count). The minimum Gasteiger partial charge on any atom is -0.377 e. The Bertz CT molecular complexity index is 296. The number of terminal acetylenes is 1. The molecular weight excluding hydrogens is 186 g/mol.